The maximum atomic E-state index is 14.0. The van der Waals surface area contributed by atoms with E-state index in [1.54, 1.807) is 37.3 Å². The first kappa shape index (κ1) is 33.1. The molecular formula is C29H40N4O8S2. The molecular weight excluding hydrogens is 596 g/mol. The van der Waals surface area contributed by atoms with Crippen molar-refractivity contribution < 1.29 is 36.9 Å². The van der Waals surface area contributed by atoms with Gasteiger partial charge in [0.15, 0.2) is 5.13 Å². The summed E-state index contributed by atoms with van der Waals surface area (Å²) in [5.41, 5.74) is 0.963. The van der Waals surface area contributed by atoms with E-state index in [9.17, 15) is 13.2 Å². The fourth-order valence-electron chi connectivity index (χ4n) is 4.76. The zero-order valence-corrected chi connectivity index (χ0v) is 26.7. The average molecular weight is 637 g/mol. The maximum Gasteiger partial charge on any atom is 0.260 e. The Hall–Kier alpha value is -2.85. The Morgan fingerprint density at radius 2 is 1.56 bits per heavy atom. The Kier molecular flexibility index (Phi) is 12.1. The number of aromatic nitrogens is 1. The van der Waals surface area contributed by atoms with Crippen LogP contribution in [-0.2, 0) is 24.2 Å². The van der Waals surface area contributed by atoms with Gasteiger partial charge in [0.05, 0.1) is 45.5 Å². The molecule has 0 saturated carbocycles. The summed E-state index contributed by atoms with van der Waals surface area (Å²) in [5.74, 6) is 0.944. The normalized spacial score (nSPS) is 14.3. The number of fused-ring (bicyclic) bond motifs is 1. The summed E-state index contributed by atoms with van der Waals surface area (Å²) in [4.78, 5) is 22.8. The lowest BCUT2D eigenvalue weighted by molar-refractivity contribution is 0.0376. The first-order valence-electron chi connectivity index (χ1n) is 14.1. The van der Waals surface area contributed by atoms with Crippen molar-refractivity contribution in [1.29, 1.82) is 0 Å². The molecule has 14 heteroatoms. The summed E-state index contributed by atoms with van der Waals surface area (Å²) in [6, 6.07) is 9.62. The zero-order chi connectivity index (χ0) is 30.8. The number of carbonyl (C=O) groups is 1. The Morgan fingerprint density at radius 1 is 0.930 bits per heavy atom. The molecule has 0 bridgehead atoms. The van der Waals surface area contributed by atoms with Crippen molar-refractivity contribution >= 4 is 42.6 Å². The number of methoxy groups -OCH3 is 4. The maximum absolute atomic E-state index is 14.0. The Morgan fingerprint density at radius 3 is 2.16 bits per heavy atom. The molecule has 1 aliphatic rings. The van der Waals surface area contributed by atoms with Crippen LogP contribution in [0.3, 0.4) is 0 Å². The monoisotopic (exact) mass is 636 g/mol. The molecule has 0 atom stereocenters. The molecule has 3 aromatic rings. The van der Waals surface area contributed by atoms with Crippen LogP contribution in [0.5, 0.6) is 11.5 Å². The van der Waals surface area contributed by atoms with Crippen molar-refractivity contribution in [1.82, 2.24) is 14.2 Å². The van der Waals surface area contributed by atoms with E-state index in [0.29, 0.717) is 47.5 Å². The van der Waals surface area contributed by atoms with Crippen molar-refractivity contribution in [3.05, 3.63) is 42.0 Å². The van der Waals surface area contributed by atoms with Crippen LogP contribution in [0.15, 0.2) is 41.3 Å². The third kappa shape index (κ3) is 8.01. The number of carbonyl (C=O) groups excluding carboxylic acids is 1. The predicted molar refractivity (Wildman–Crippen MR) is 165 cm³/mol. The first-order valence-corrected chi connectivity index (χ1v) is 16.3. The minimum Gasteiger partial charge on any atom is -0.495 e. The van der Waals surface area contributed by atoms with Crippen molar-refractivity contribution in [2.75, 3.05) is 99.0 Å². The molecule has 0 N–H and O–H groups in total. The van der Waals surface area contributed by atoms with Crippen LogP contribution in [0, 0.1) is 0 Å². The summed E-state index contributed by atoms with van der Waals surface area (Å²) in [5, 5.41) is 0.506. The van der Waals surface area contributed by atoms with Crippen molar-refractivity contribution in [3.8, 4) is 11.5 Å². The summed E-state index contributed by atoms with van der Waals surface area (Å²) < 4.78 is 55.6. The van der Waals surface area contributed by atoms with Crippen molar-refractivity contribution in [2.45, 2.75) is 11.3 Å². The van der Waals surface area contributed by atoms with Gasteiger partial charge in [0, 0.05) is 59.1 Å². The number of rotatable bonds is 16. The number of hydrogen-bond acceptors (Lipinski definition) is 11. The quantitative estimate of drug-likeness (QED) is 0.232. The zero-order valence-electron chi connectivity index (χ0n) is 25.1. The number of hydrogen-bond donors (Lipinski definition) is 0. The van der Waals surface area contributed by atoms with E-state index in [1.165, 1.54) is 42.0 Å². The van der Waals surface area contributed by atoms with E-state index < -0.39 is 10.0 Å². The Bertz CT molecular complexity index is 1390. The van der Waals surface area contributed by atoms with Crippen LogP contribution >= 0.6 is 11.3 Å². The van der Waals surface area contributed by atoms with E-state index in [1.807, 2.05) is 6.07 Å². The molecule has 236 valence electrons. The molecule has 1 saturated heterocycles. The largest absolute Gasteiger partial charge is 0.495 e. The van der Waals surface area contributed by atoms with Crippen LogP contribution < -0.4 is 14.4 Å². The second-order valence-electron chi connectivity index (χ2n) is 9.82. The van der Waals surface area contributed by atoms with Crippen LogP contribution in [0.1, 0.15) is 16.8 Å². The number of amides is 1. The smallest absolute Gasteiger partial charge is 0.260 e. The van der Waals surface area contributed by atoms with E-state index in [2.05, 4.69) is 4.90 Å². The highest BCUT2D eigenvalue weighted by Crippen LogP contribution is 2.40. The lowest BCUT2D eigenvalue weighted by Gasteiger charge is -2.27. The van der Waals surface area contributed by atoms with Crippen molar-refractivity contribution in [2.24, 2.45) is 0 Å². The molecule has 4 rings (SSSR count). The van der Waals surface area contributed by atoms with Crippen LogP contribution in [0.2, 0.25) is 0 Å². The summed E-state index contributed by atoms with van der Waals surface area (Å²) in [6.07, 6.45) is 0.719. The Balaban J connectivity index is 1.62. The Labute approximate surface area is 257 Å². The van der Waals surface area contributed by atoms with Crippen LogP contribution in [0.25, 0.3) is 10.2 Å². The molecule has 0 spiro atoms. The fraction of sp³-hybridized carbons (Fsp3) is 0.517. The number of morpholine rings is 1. The molecule has 2 aromatic carbocycles. The van der Waals surface area contributed by atoms with Gasteiger partial charge in [0.1, 0.15) is 21.7 Å². The van der Waals surface area contributed by atoms with E-state index in [-0.39, 0.29) is 37.1 Å². The second kappa shape index (κ2) is 15.7. The molecule has 1 aromatic heterocycles. The van der Waals surface area contributed by atoms with E-state index in [4.69, 9.17) is 28.7 Å². The summed E-state index contributed by atoms with van der Waals surface area (Å²) >= 11 is 1.35. The lowest BCUT2D eigenvalue weighted by atomic mass is 10.2. The van der Waals surface area contributed by atoms with Crippen molar-refractivity contribution in [3.63, 3.8) is 0 Å². The van der Waals surface area contributed by atoms with Gasteiger partial charge in [-0.3, -0.25) is 14.6 Å². The van der Waals surface area contributed by atoms with Gasteiger partial charge in [0.25, 0.3) is 5.91 Å². The SMILES string of the molecule is COCCN(CCOC)S(=O)(=O)c1ccc(C(=O)N(CCCN2CCOCC2)c2nc3c(OC)ccc(OC)c3s2)cc1. The molecule has 1 amide bonds. The van der Waals surface area contributed by atoms with Gasteiger partial charge < -0.3 is 23.7 Å². The molecule has 1 aliphatic heterocycles. The fourth-order valence-corrected chi connectivity index (χ4v) is 7.27. The van der Waals surface area contributed by atoms with Gasteiger partial charge in [-0.2, -0.15) is 4.31 Å². The average Bonchev–Trinajstić information content (AvgIpc) is 3.48. The second-order valence-corrected chi connectivity index (χ2v) is 12.7. The third-order valence-electron chi connectivity index (χ3n) is 7.16. The van der Waals surface area contributed by atoms with Gasteiger partial charge in [-0.15, -0.1) is 0 Å². The molecule has 0 unspecified atom stereocenters. The minimum absolute atomic E-state index is 0.0876. The van der Waals surface area contributed by atoms with Crippen LogP contribution in [0.4, 0.5) is 5.13 Å². The molecule has 2 heterocycles. The number of sulfonamides is 1. The predicted octanol–water partition coefficient (Wildman–Crippen LogP) is 2.97. The topological polar surface area (TPSA) is 120 Å². The molecule has 43 heavy (non-hydrogen) atoms. The van der Waals surface area contributed by atoms with Gasteiger partial charge in [-0.05, 0) is 42.8 Å². The standard InChI is InChI=1S/C29H40N4O8S2/c1-37-18-16-32(17-19-38-2)43(35,36)23-8-6-22(7-9-23)28(34)33(13-5-12-31-14-20-41-21-15-31)29-30-26-24(39-3)10-11-25(40-4)27(26)42-29/h6-11H,5,12-21H2,1-4H3. The number of thiazole rings is 1. The minimum atomic E-state index is -3.83. The van der Waals surface area contributed by atoms with Gasteiger partial charge in [-0.1, -0.05) is 11.3 Å². The number of ether oxygens (including phenoxy) is 5. The van der Waals surface area contributed by atoms with Crippen LogP contribution in [-0.4, -0.2) is 123 Å². The summed E-state index contributed by atoms with van der Waals surface area (Å²) in [7, 11) is 2.38. The lowest BCUT2D eigenvalue weighted by Crippen LogP contribution is -2.39. The highest BCUT2D eigenvalue weighted by atomic mass is 32.2. The third-order valence-corrected chi connectivity index (χ3v) is 10.2. The van der Waals surface area contributed by atoms with Gasteiger partial charge in [0.2, 0.25) is 10.0 Å². The molecule has 1 fully saturated rings. The van der Waals surface area contributed by atoms with E-state index in [0.717, 1.165) is 30.8 Å². The van der Waals surface area contributed by atoms with Gasteiger partial charge >= 0.3 is 0 Å². The number of nitrogens with zero attached hydrogens (tertiary/aromatic N) is 4. The van der Waals surface area contributed by atoms with Gasteiger partial charge in [-0.25, -0.2) is 13.4 Å². The molecule has 12 nitrogen and oxygen atoms in total. The van der Waals surface area contributed by atoms with E-state index >= 15 is 0 Å². The highest BCUT2D eigenvalue weighted by Gasteiger charge is 2.27. The number of anilines is 1. The summed E-state index contributed by atoms with van der Waals surface area (Å²) in [6.45, 7) is 5.19. The first-order chi connectivity index (χ1) is 20.8. The number of benzene rings is 2. The molecule has 0 aliphatic carbocycles. The highest BCUT2D eigenvalue weighted by molar-refractivity contribution is 7.89. The molecule has 0 radical (unpaired) electrons.